The van der Waals surface area contributed by atoms with Gasteiger partial charge in [-0.3, -0.25) is 10.1 Å². The van der Waals surface area contributed by atoms with Gasteiger partial charge in [-0.2, -0.15) is 0 Å². The number of aliphatic hydroxyl groups is 1. The van der Waals surface area contributed by atoms with Crippen molar-refractivity contribution in [1.82, 2.24) is 15.5 Å². The Morgan fingerprint density at radius 3 is 2.86 bits per heavy atom. The Bertz CT molecular complexity index is 477. The van der Waals surface area contributed by atoms with E-state index >= 15 is 0 Å². The van der Waals surface area contributed by atoms with Gasteiger partial charge in [0.1, 0.15) is 5.51 Å². The summed E-state index contributed by atoms with van der Waals surface area (Å²) < 4.78 is 0. The molecule has 1 aromatic heterocycles. The molecule has 1 aliphatic carbocycles. The Morgan fingerprint density at radius 2 is 2.29 bits per heavy atom. The second kappa shape index (κ2) is 6.37. The number of hydrogen-bond donors (Lipinski definition) is 3. The number of nitrogens with zero attached hydrogens (tertiary/aromatic N) is 2. The van der Waals surface area contributed by atoms with Crippen LogP contribution in [0.25, 0.3) is 0 Å². The van der Waals surface area contributed by atoms with Crippen LogP contribution in [0.3, 0.4) is 0 Å². The highest BCUT2D eigenvalue weighted by atomic mass is 32.1. The summed E-state index contributed by atoms with van der Waals surface area (Å²) in [5.74, 6) is 0.371. The first-order chi connectivity index (χ1) is 9.84. The highest BCUT2D eigenvalue weighted by Gasteiger charge is 2.42. The first-order valence-corrected chi connectivity index (χ1v) is 8.14. The summed E-state index contributed by atoms with van der Waals surface area (Å²) in [5, 5.41) is 23.8. The Balaban J connectivity index is 1.93. The average molecular weight is 312 g/mol. The molecule has 1 heterocycles. The average Bonchev–Trinajstić information content (AvgIpc) is 2.87. The smallest absolute Gasteiger partial charge is 0.240 e. The van der Waals surface area contributed by atoms with E-state index in [0.717, 1.165) is 19.3 Å². The fourth-order valence-corrected chi connectivity index (χ4v) is 4.17. The third-order valence-electron chi connectivity index (χ3n) is 3.99. The summed E-state index contributed by atoms with van der Waals surface area (Å²) in [5.41, 5.74) is 1.37. The SMILES string of the molecule is CC1CC(C)(C)CC(CO)(NCC(=O)Nc2nncs2)C1. The van der Waals surface area contributed by atoms with Gasteiger partial charge < -0.3 is 10.4 Å². The van der Waals surface area contributed by atoms with Crippen molar-refractivity contribution in [2.75, 3.05) is 18.5 Å². The molecule has 1 amide bonds. The van der Waals surface area contributed by atoms with Crippen molar-refractivity contribution in [3.05, 3.63) is 5.51 Å². The summed E-state index contributed by atoms with van der Waals surface area (Å²) >= 11 is 1.29. The number of amides is 1. The Hall–Kier alpha value is -1.05. The summed E-state index contributed by atoms with van der Waals surface area (Å²) in [6, 6.07) is 0. The molecule has 118 valence electrons. The van der Waals surface area contributed by atoms with Gasteiger partial charge in [-0.25, -0.2) is 0 Å². The highest BCUT2D eigenvalue weighted by Crippen LogP contribution is 2.43. The normalized spacial score (nSPS) is 28.3. The molecule has 1 aliphatic rings. The molecular formula is C14H24N4O2S. The third-order valence-corrected chi connectivity index (χ3v) is 4.60. The van der Waals surface area contributed by atoms with Gasteiger partial charge >= 0.3 is 0 Å². The minimum absolute atomic E-state index is 0.0485. The lowest BCUT2D eigenvalue weighted by Crippen LogP contribution is -2.56. The predicted molar refractivity (Wildman–Crippen MR) is 83.2 cm³/mol. The molecule has 0 saturated heterocycles. The van der Waals surface area contributed by atoms with Crippen LogP contribution in [0.15, 0.2) is 5.51 Å². The van der Waals surface area contributed by atoms with Crippen molar-refractivity contribution in [2.45, 2.75) is 45.6 Å². The molecule has 1 saturated carbocycles. The van der Waals surface area contributed by atoms with Gasteiger partial charge in [0.05, 0.1) is 13.2 Å². The minimum atomic E-state index is -0.375. The van der Waals surface area contributed by atoms with Crippen LogP contribution >= 0.6 is 11.3 Å². The van der Waals surface area contributed by atoms with Crippen molar-refractivity contribution in [1.29, 1.82) is 0 Å². The first-order valence-electron chi connectivity index (χ1n) is 7.26. The molecule has 0 aliphatic heterocycles. The Kier molecular flexibility index (Phi) is 4.95. The lowest BCUT2D eigenvalue weighted by atomic mass is 9.64. The molecule has 6 nitrogen and oxygen atoms in total. The Morgan fingerprint density at radius 1 is 1.52 bits per heavy atom. The zero-order valence-electron chi connectivity index (χ0n) is 12.8. The number of anilines is 1. The zero-order chi connectivity index (χ0) is 15.5. The van der Waals surface area contributed by atoms with Gasteiger partial charge in [-0.15, -0.1) is 10.2 Å². The van der Waals surface area contributed by atoms with Crippen LogP contribution in [0, 0.1) is 11.3 Å². The van der Waals surface area contributed by atoms with Crippen molar-refractivity contribution >= 4 is 22.4 Å². The van der Waals surface area contributed by atoms with Gasteiger partial charge in [-0.1, -0.05) is 32.1 Å². The van der Waals surface area contributed by atoms with Crippen LogP contribution in [0.4, 0.5) is 5.13 Å². The molecule has 0 spiro atoms. The molecule has 0 aromatic carbocycles. The predicted octanol–water partition coefficient (Wildman–Crippen LogP) is 1.64. The summed E-state index contributed by atoms with van der Waals surface area (Å²) in [7, 11) is 0. The molecule has 2 unspecified atom stereocenters. The number of carbonyl (C=O) groups is 1. The fraction of sp³-hybridized carbons (Fsp3) is 0.786. The maximum absolute atomic E-state index is 11.9. The number of nitrogens with one attached hydrogen (secondary N) is 2. The van der Waals surface area contributed by atoms with Gasteiger partial charge in [0.15, 0.2) is 0 Å². The van der Waals surface area contributed by atoms with Gasteiger partial charge in [0, 0.05) is 5.54 Å². The molecule has 0 bridgehead atoms. The number of carbonyl (C=O) groups excluding carboxylic acids is 1. The number of hydrogen-bond acceptors (Lipinski definition) is 6. The van der Waals surface area contributed by atoms with E-state index in [2.05, 4.69) is 41.6 Å². The maximum Gasteiger partial charge on any atom is 0.240 e. The minimum Gasteiger partial charge on any atom is -0.394 e. The molecule has 2 rings (SSSR count). The molecule has 21 heavy (non-hydrogen) atoms. The van der Waals surface area contributed by atoms with E-state index in [1.165, 1.54) is 11.3 Å². The molecule has 3 N–H and O–H groups in total. The van der Waals surface area contributed by atoms with Crippen molar-refractivity contribution < 1.29 is 9.90 Å². The van der Waals surface area contributed by atoms with Crippen LogP contribution in [0.5, 0.6) is 0 Å². The first kappa shape index (κ1) is 16.3. The number of aliphatic hydroxyl groups excluding tert-OH is 1. The second-order valence-electron chi connectivity index (χ2n) is 6.94. The van der Waals surface area contributed by atoms with Crippen LogP contribution in [-0.2, 0) is 4.79 Å². The molecule has 2 atom stereocenters. The number of aromatic nitrogens is 2. The fourth-order valence-electron chi connectivity index (χ4n) is 3.71. The maximum atomic E-state index is 11.9. The third kappa shape index (κ3) is 4.46. The van der Waals surface area contributed by atoms with E-state index < -0.39 is 0 Å². The standard InChI is InChI=1S/C14H24N4O2S/c1-10-4-13(2,3)7-14(5-10,8-19)15-6-11(20)17-12-18-16-9-21-12/h9-10,15,19H,4-8H2,1-3H3,(H,17,18,20). The highest BCUT2D eigenvalue weighted by molar-refractivity contribution is 7.13. The molecular weight excluding hydrogens is 288 g/mol. The Labute approximate surface area is 129 Å². The largest absolute Gasteiger partial charge is 0.394 e. The summed E-state index contributed by atoms with van der Waals surface area (Å²) in [4.78, 5) is 11.9. The quantitative estimate of drug-likeness (QED) is 0.769. The summed E-state index contributed by atoms with van der Waals surface area (Å²) in [6.07, 6.45) is 2.90. The number of rotatable bonds is 5. The molecule has 1 aromatic rings. The monoisotopic (exact) mass is 312 g/mol. The van der Waals surface area contributed by atoms with Crippen LogP contribution in [-0.4, -0.2) is 39.9 Å². The van der Waals surface area contributed by atoms with Crippen molar-refractivity contribution in [2.24, 2.45) is 11.3 Å². The van der Waals surface area contributed by atoms with E-state index in [1.807, 2.05) is 0 Å². The molecule has 1 fully saturated rings. The lowest BCUT2D eigenvalue weighted by Gasteiger charge is -2.47. The van der Waals surface area contributed by atoms with E-state index in [9.17, 15) is 9.90 Å². The van der Waals surface area contributed by atoms with E-state index in [-0.39, 0.29) is 30.0 Å². The van der Waals surface area contributed by atoms with E-state index in [1.54, 1.807) is 5.51 Å². The zero-order valence-corrected chi connectivity index (χ0v) is 13.7. The lowest BCUT2D eigenvalue weighted by molar-refractivity contribution is -0.116. The topological polar surface area (TPSA) is 87.1 Å². The van der Waals surface area contributed by atoms with Crippen LogP contribution in [0.1, 0.15) is 40.0 Å². The summed E-state index contributed by atoms with van der Waals surface area (Å²) in [6.45, 7) is 6.86. The van der Waals surface area contributed by atoms with E-state index in [4.69, 9.17) is 0 Å². The molecule has 7 heteroatoms. The van der Waals surface area contributed by atoms with Crippen molar-refractivity contribution in [3.63, 3.8) is 0 Å². The van der Waals surface area contributed by atoms with Gasteiger partial charge in [-0.05, 0) is 30.6 Å². The van der Waals surface area contributed by atoms with E-state index in [0.29, 0.717) is 11.0 Å². The van der Waals surface area contributed by atoms with Crippen LogP contribution in [0.2, 0.25) is 0 Å². The second-order valence-corrected chi connectivity index (χ2v) is 7.77. The van der Waals surface area contributed by atoms with Gasteiger partial charge in [0.2, 0.25) is 11.0 Å². The van der Waals surface area contributed by atoms with Crippen LogP contribution < -0.4 is 10.6 Å². The van der Waals surface area contributed by atoms with Gasteiger partial charge in [0.25, 0.3) is 0 Å². The van der Waals surface area contributed by atoms with Crippen molar-refractivity contribution in [3.8, 4) is 0 Å². The molecule has 0 radical (unpaired) electrons.